The molecule has 0 aliphatic rings. The highest BCUT2D eigenvalue weighted by atomic mass is 32.2. The highest BCUT2D eigenvalue weighted by Crippen LogP contribution is 2.19. The van der Waals surface area contributed by atoms with Crippen LogP contribution in [0.3, 0.4) is 0 Å². The molecule has 21 heavy (non-hydrogen) atoms. The third kappa shape index (κ3) is 3.90. The third-order valence-corrected chi connectivity index (χ3v) is 4.39. The summed E-state index contributed by atoms with van der Waals surface area (Å²) in [6.07, 6.45) is 0. The number of nitrogens with one attached hydrogen (secondary N) is 2. The Morgan fingerprint density at radius 1 is 1.24 bits per heavy atom. The number of rotatable bonds is 7. The van der Waals surface area contributed by atoms with Crippen molar-refractivity contribution >= 4 is 26.7 Å². The zero-order valence-electron chi connectivity index (χ0n) is 12.1. The van der Waals surface area contributed by atoms with Crippen molar-refractivity contribution in [2.24, 2.45) is 0 Å². The summed E-state index contributed by atoms with van der Waals surface area (Å²) in [6.45, 7) is 3.36. The molecular formula is C14H19N3O3S. The Labute approximate surface area is 124 Å². The highest BCUT2D eigenvalue weighted by Gasteiger charge is 2.14. The van der Waals surface area contributed by atoms with Crippen molar-refractivity contribution in [2.75, 3.05) is 32.1 Å². The smallest absolute Gasteiger partial charge is 0.240 e. The number of fused-ring (bicyclic) bond motifs is 1. The Hall–Kier alpha value is -1.70. The molecule has 0 radical (unpaired) electrons. The van der Waals surface area contributed by atoms with Gasteiger partial charge in [0.1, 0.15) is 5.82 Å². The number of hydrogen-bond donors (Lipinski definition) is 2. The van der Waals surface area contributed by atoms with E-state index in [-0.39, 0.29) is 11.4 Å². The molecule has 1 aromatic carbocycles. The second kappa shape index (κ2) is 6.84. The lowest BCUT2D eigenvalue weighted by Crippen LogP contribution is -2.27. The first-order chi connectivity index (χ1) is 10.1. The van der Waals surface area contributed by atoms with E-state index in [9.17, 15) is 8.42 Å². The fraction of sp³-hybridized carbons (Fsp3) is 0.357. The number of aromatic nitrogens is 1. The molecule has 0 spiro atoms. The number of nitrogens with zero attached hydrogens (tertiary/aromatic N) is 1. The molecule has 0 bridgehead atoms. The molecule has 1 aromatic heterocycles. The lowest BCUT2D eigenvalue weighted by Gasteiger charge is -2.08. The summed E-state index contributed by atoms with van der Waals surface area (Å²) in [6, 6.07) is 8.57. The minimum absolute atomic E-state index is 0.226. The Morgan fingerprint density at radius 3 is 2.76 bits per heavy atom. The van der Waals surface area contributed by atoms with E-state index in [2.05, 4.69) is 15.0 Å². The summed E-state index contributed by atoms with van der Waals surface area (Å²) in [5.74, 6) is 0.777. The summed E-state index contributed by atoms with van der Waals surface area (Å²) in [7, 11) is -1.99. The molecule has 0 saturated carbocycles. The van der Waals surface area contributed by atoms with Gasteiger partial charge < -0.3 is 10.1 Å². The van der Waals surface area contributed by atoms with E-state index >= 15 is 0 Å². The van der Waals surface area contributed by atoms with Crippen LogP contribution in [0.5, 0.6) is 0 Å². The molecule has 2 aromatic rings. The number of sulfonamides is 1. The van der Waals surface area contributed by atoms with Crippen molar-refractivity contribution in [3.8, 4) is 0 Å². The van der Waals surface area contributed by atoms with Gasteiger partial charge in [-0.25, -0.2) is 18.1 Å². The third-order valence-electron chi connectivity index (χ3n) is 2.93. The van der Waals surface area contributed by atoms with Crippen LogP contribution >= 0.6 is 0 Å². The van der Waals surface area contributed by atoms with Gasteiger partial charge in [0, 0.05) is 25.6 Å². The van der Waals surface area contributed by atoms with Crippen molar-refractivity contribution in [3.63, 3.8) is 0 Å². The Morgan fingerprint density at radius 2 is 2.05 bits per heavy atom. The van der Waals surface area contributed by atoms with Crippen LogP contribution in [0.25, 0.3) is 10.9 Å². The van der Waals surface area contributed by atoms with Crippen molar-refractivity contribution in [1.82, 2.24) is 9.71 Å². The second-order valence-corrected chi connectivity index (χ2v) is 6.24. The number of hydrogen-bond acceptors (Lipinski definition) is 5. The molecule has 0 fully saturated rings. The summed E-state index contributed by atoms with van der Waals surface area (Å²) < 4.78 is 31.6. The van der Waals surface area contributed by atoms with E-state index in [1.165, 1.54) is 7.11 Å². The monoisotopic (exact) mass is 309 g/mol. The van der Waals surface area contributed by atoms with Gasteiger partial charge in [-0.15, -0.1) is 0 Å². The van der Waals surface area contributed by atoms with E-state index < -0.39 is 10.0 Å². The van der Waals surface area contributed by atoms with Crippen LogP contribution < -0.4 is 10.0 Å². The summed E-state index contributed by atoms with van der Waals surface area (Å²) >= 11 is 0. The normalized spacial score (nSPS) is 11.7. The summed E-state index contributed by atoms with van der Waals surface area (Å²) in [5, 5.41) is 3.91. The largest absolute Gasteiger partial charge is 0.383 e. The van der Waals surface area contributed by atoms with Crippen LogP contribution in [0.1, 0.15) is 6.92 Å². The molecule has 2 rings (SSSR count). The molecule has 0 unspecified atom stereocenters. The van der Waals surface area contributed by atoms with Crippen LogP contribution in [0.15, 0.2) is 35.2 Å². The van der Waals surface area contributed by atoms with E-state index in [0.717, 1.165) is 23.3 Å². The number of ether oxygens (including phenoxy) is 1. The maximum atomic E-state index is 12.1. The quantitative estimate of drug-likeness (QED) is 0.759. The fourth-order valence-corrected chi connectivity index (χ4v) is 2.96. The van der Waals surface area contributed by atoms with Gasteiger partial charge >= 0.3 is 0 Å². The molecule has 6 nitrogen and oxygen atoms in total. The first-order valence-corrected chi connectivity index (χ1v) is 8.18. The van der Waals surface area contributed by atoms with Gasteiger partial charge in [0.2, 0.25) is 10.0 Å². The topological polar surface area (TPSA) is 80.3 Å². The number of methoxy groups -OCH3 is 1. The number of anilines is 1. The van der Waals surface area contributed by atoms with Crippen molar-refractivity contribution in [2.45, 2.75) is 11.8 Å². The van der Waals surface area contributed by atoms with Crippen molar-refractivity contribution in [3.05, 3.63) is 30.3 Å². The minimum Gasteiger partial charge on any atom is -0.383 e. The molecule has 1 heterocycles. The van der Waals surface area contributed by atoms with E-state index in [1.54, 1.807) is 18.2 Å². The molecule has 0 atom stereocenters. The van der Waals surface area contributed by atoms with Crippen molar-refractivity contribution in [1.29, 1.82) is 0 Å². The van der Waals surface area contributed by atoms with Crippen LogP contribution in [0.4, 0.5) is 5.82 Å². The van der Waals surface area contributed by atoms with E-state index in [4.69, 9.17) is 4.74 Å². The van der Waals surface area contributed by atoms with Crippen LogP contribution in [0.2, 0.25) is 0 Å². The van der Waals surface area contributed by atoms with Gasteiger partial charge in [0.15, 0.2) is 0 Å². The molecule has 0 saturated heterocycles. The average molecular weight is 309 g/mol. The molecule has 7 heteroatoms. The van der Waals surface area contributed by atoms with E-state index in [0.29, 0.717) is 6.61 Å². The molecule has 114 valence electrons. The number of pyridine rings is 1. The van der Waals surface area contributed by atoms with Gasteiger partial charge in [-0.05, 0) is 37.3 Å². The minimum atomic E-state index is -3.52. The lowest BCUT2D eigenvalue weighted by molar-refractivity contribution is 0.204. The molecule has 0 aliphatic heterocycles. The highest BCUT2D eigenvalue weighted by molar-refractivity contribution is 7.89. The predicted molar refractivity (Wildman–Crippen MR) is 83.0 cm³/mol. The molecule has 0 amide bonds. The molecule has 0 aliphatic carbocycles. The second-order valence-electron chi connectivity index (χ2n) is 4.47. The number of benzene rings is 1. The van der Waals surface area contributed by atoms with E-state index in [1.807, 2.05) is 19.1 Å². The Balaban J connectivity index is 2.28. The zero-order valence-corrected chi connectivity index (χ0v) is 12.9. The lowest BCUT2D eigenvalue weighted by atomic mass is 10.2. The summed E-state index contributed by atoms with van der Waals surface area (Å²) in [5.41, 5.74) is 0.754. The summed E-state index contributed by atoms with van der Waals surface area (Å²) in [4.78, 5) is 4.64. The SMILES string of the molecule is CCNc1ccc2cc(S(=O)(=O)NCCOC)ccc2n1. The maximum Gasteiger partial charge on any atom is 0.240 e. The van der Waals surface area contributed by atoms with Crippen LogP contribution in [-0.4, -0.2) is 40.2 Å². The fourth-order valence-electron chi connectivity index (χ4n) is 1.91. The van der Waals surface area contributed by atoms with Gasteiger partial charge in [-0.1, -0.05) is 0 Å². The predicted octanol–water partition coefficient (Wildman–Crippen LogP) is 1.59. The first kappa shape index (κ1) is 15.7. The zero-order chi connectivity index (χ0) is 15.3. The van der Waals surface area contributed by atoms with Gasteiger partial charge in [0.25, 0.3) is 0 Å². The Kier molecular flexibility index (Phi) is 5.11. The molecular weight excluding hydrogens is 290 g/mol. The van der Waals surface area contributed by atoms with Gasteiger partial charge in [-0.3, -0.25) is 0 Å². The van der Waals surface area contributed by atoms with Crippen LogP contribution in [-0.2, 0) is 14.8 Å². The van der Waals surface area contributed by atoms with Gasteiger partial charge in [-0.2, -0.15) is 0 Å². The first-order valence-electron chi connectivity index (χ1n) is 6.70. The van der Waals surface area contributed by atoms with Crippen LogP contribution in [0, 0.1) is 0 Å². The standard InChI is InChI=1S/C14H19N3O3S/c1-3-15-14-7-4-11-10-12(5-6-13(11)17-14)21(18,19)16-8-9-20-2/h4-7,10,16H,3,8-9H2,1-2H3,(H,15,17). The van der Waals surface area contributed by atoms with Crippen molar-refractivity contribution < 1.29 is 13.2 Å². The molecule has 2 N–H and O–H groups in total. The average Bonchev–Trinajstić information content (AvgIpc) is 2.47. The van der Waals surface area contributed by atoms with Gasteiger partial charge in [0.05, 0.1) is 17.0 Å². The Bertz CT molecular complexity index is 716. The maximum absolute atomic E-state index is 12.1.